The first-order valence-corrected chi connectivity index (χ1v) is 17.9. The van der Waals surface area contributed by atoms with Gasteiger partial charge in [0.05, 0.1) is 43.9 Å². The van der Waals surface area contributed by atoms with E-state index in [4.69, 9.17) is 14.2 Å². The summed E-state index contributed by atoms with van der Waals surface area (Å²) in [6, 6.07) is 32.3. The summed E-state index contributed by atoms with van der Waals surface area (Å²) in [5.74, 6) is -0.271. The number of nitrogens with zero attached hydrogens (tertiary/aromatic N) is 2. The third-order valence-electron chi connectivity index (χ3n) is 9.11. The number of ether oxygens (including phenoxy) is 3. The summed E-state index contributed by atoms with van der Waals surface area (Å²) in [4.78, 5) is 25.0. The van der Waals surface area contributed by atoms with Crippen molar-refractivity contribution in [2.75, 3.05) is 57.1 Å². The number of nitrogens with one attached hydrogen (secondary N) is 6. The normalized spacial score (nSPS) is 16.7. The molecule has 4 aromatic carbocycles. The summed E-state index contributed by atoms with van der Waals surface area (Å²) < 4.78 is 30.7. The van der Waals surface area contributed by atoms with Gasteiger partial charge in [0.2, 0.25) is 0 Å². The lowest BCUT2D eigenvalue weighted by Gasteiger charge is -2.24. The van der Waals surface area contributed by atoms with Crippen molar-refractivity contribution < 1.29 is 28.2 Å². The van der Waals surface area contributed by atoms with E-state index in [2.05, 4.69) is 41.7 Å². The van der Waals surface area contributed by atoms with Crippen LogP contribution in [0.25, 0.3) is 22.5 Å². The zero-order chi connectivity index (χ0) is 38.0. The third-order valence-corrected chi connectivity index (χ3v) is 9.11. The first kappa shape index (κ1) is 37.1. The number of hydrogen-bond acceptors (Lipinski definition) is 9. The van der Waals surface area contributed by atoms with Gasteiger partial charge in [0.1, 0.15) is 23.0 Å². The lowest BCUT2D eigenvalue weighted by atomic mass is 10.1. The Balaban J connectivity index is 0.000000169. The molecule has 55 heavy (non-hydrogen) atoms. The van der Waals surface area contributed by atoms with E-state index in [-0.39, 0.29) is 35.5 Å². The number of para-hydroxylation sites is 1. The van der Waals surface area contributed by atoms with Crippen LogP contribution in [-0.4, -0.2) is 78.7 Å². The number of H-pyrrole nitrogens is 2. The van der Waals surface area contributed by atoms with Gasteiger partial charge >= 0.3 is 0 Å². The molecule has 0 aliphatic carbocycles. The Bertz CT molecular complexity index is 2190. The molecule has 0 unspecified atom stereocenters. The van der Waals surface area contributed by atoms with Crippen molar-refractivity contribution in [2.24, 2.45) is 0 Å². The van der Waals surface area contributed by atoms with Gasteiger partial charge in [-0.3, -0.25) is 19.8 Å². The minimum Gasteiger partial charge on any atom is -0.496 e. The molecule has 0 saturated carbocycles. The van der Waals surface area contributed by atoms with Crippen molar-refractivity contribution in [1.82, 2.24) is 31.0 Å². The third kappa shape index (κ3) is 9.31. The quantitative estimate of drug-likeness (QED) is 0.102. The van der Waals surface area contributed by atoms with E-state index in [0.29, 0.717) is 53.0 Å². The number of aromatic amines is 2. The van der Waals surface area contributed by atoms with Crippen LogP contribution in [0.2, 0.25) is 0 Å². The zero-order valence-electron chi connectivity index (χ0n) is 30.1. The second-order valence-electron chi connectivity index (χ2n) is 12.8. The van der Waals surface area contributed by atoms with Crippen LogP contribution in [0, 0.1) is 5.82 Å². The van der Waals surface area contributed by atoms with Gasteiger partial charge in [-0.05, 0) is 71.8 Å². The highest BCUT2D eigenvalue weighted by Gasteiger charge is 2.19. The van der Waals surface area contributed by atoms with Crippen molar-refractivity contribution >= 4 is 23.2 Å². The first-order valence-electron chi connectivity index (χ1n) is 17.9. The van der Waals surface area contributed by atoms with Crippen molar-refractivity contribution in [3.05, 3.63) is 138 Å². The van der Waals surface area contributed by atoms with Gasteiger partial charge in [-0.1, -0.05) is 48.5 Å². The monoisotopic (exact) mass is 744 g/mol. The van der Waals surface area contributed by atoms with Crippen molar-refractivity contribution in [3.63, 3.8) is 0 Å². The topological polar surface area (TPSA) is 167 Å². The molecule has 0 spiro atoms. The molecule has 6 N–H and O–H groups in total. The van der Waals surface area contributed by atoms with E-state index in [1.54, 1.807) is 31.4 Å². The number of rotatable bonds is 9. The van der Waals surface area contributed by atoms with Crippen LogP contribution < -0.4 is 26.0 Å². The molecule has 2 aromatic heterocycles. The van der Waals surface area contributed by atoms with Gasteiger partial charge in [0, 0.05) is 48.7 Å². The van der Waals surface area contributed by atoms with Gasteiger partial charge in [0.25, 0.3) is 11.8 Å². The van der Waals surface area contributed by atoms with E-state index in [1.807, 2.05) is 72.8 Å². The van der Waals surface area contributed by atoms with E-state index >= 15 is 0 Å². The molecule has 0 bridgehead atoms. The van der Waals surface area contributed by atoms with Crippen molar-refractivity contribution in [2.45, 2.75) is 12.2 Å². The molecule has 13 nitrogen and oxygen atoms in total. The van der Waals surface area contributed by atoms with Gasteiger partial charge in [-0.25, -0.2) is 4.39 Å². The Morgan fingerprint density at radius 3 is 1.62 bits per heavy atom. The molecular formula is C41H41FN8O5. The molecule has 2 fully saturated rings. The number of benzene rings is 4. The molecule has 2 atom stereocenters. The summed E-state index contributed by atoms with van der Waals surface area (Å²) in [7, 11) is 1.61. The lowest BCUT2D eigenvalue weighted by molar-refractivity contribution is 0.0276. The Kier molecular flexibility index (Phi) is 12.0. The highest BCUT2D eigenvalue weighted by molar-refractivity contribution is 6.04. The Morgan fingerprint density at radius 1 is 0.673 bits per heavy atom. The maximum Gasteiger partial charge on any atom is 0.273 e. The van der Waals surface area contributed by atoms with E-state index in [9.17, 15) is 14.0 Å². The number of carbonyl (C=O) groups is 2. The average Bonchev–Trinajstić information content (AvgIpc) is 3.94. The summed E-state index contributed by atoms with van der Waals surface area (Å²) in [5.41, 5.74) is 6.37. The van der Waals surface area contributed by atoms with Gasteiger partial charge < -0.3 is 35.5 Å². The fourth-order valence-corrected chi connectivity index (χ4v) is 6.20. The minimum absolute atomic E-state index is 0.0273. The summed E-state index contributed by atoms with van der Waals surface area (Å²) in [6.45, 7) is 4.71. The van der Waals surface area contributed by atoms with E-state index in [1.165, 1.54) is 12.1 Å². The smallest absolute Gasteiger partial charge is 0.273 e. The number of aromatic nitrogens is 4. The van der Waals surface area contributed by atoms with Crippen LogP contribution in [-0.2, 0) is 9.47 Å². The highest BCUT2D eigenvalue weighted by atomic mass is 19.1. The molecule has 2 aliphatic rings. The lowest BCUT2D eigenvalue weighted by Crippen LogP contribution is -2.33. The molecule has 8 rings (SSSR count). The summed E-state index contributed by atoms with van der Waals surface area (Å²) in [5, 5.41) is 26.0. The molecule has 2 saturated heterocycles. The minimum atomic E-state index is -0.383. The Labute approximate surface area is 317 Å². The number of morpholine rings is 2. The molecule has 2 aliphatic heterocycles. The average molecular weight is 745 g/mol. The predicted octanol–water partition coefficient (Wildman–Crippen LogP) is 6.13. The molecule has 4 heterocycles. The fraction of sp³-hybridized carbons (Fsp3) is 0.220. The number of methoxy groups -OCH3 is 1. The standard InChI is InChI=1S/C21H22N4O3.C20H19FN4O2/c1-27-19-5-3-2-4-16(19)17-12-18(25-24-17)21(26)23-15-8-6-14(7-9-15)20-13-22-10-11-28-20;21-16-4-2-1-3-15(16)17-11-18(25-24-17)20(26)23-14-7-5-13(6-8-14)19-12-22-9-10-27-19/h2-9,12,20,22H,10-11,13H2,1H3,(H,23,26)(H,24,25);1-8,11,19,22H,9-10,12H2,(H,23,26)(H,24,25)/t20-;19-/m11/s1. The number of halogens is 1. The molecule has 2 amide bonds. The van der Waals surface area contributed by atoms with E-state index < -0.39 is 0 Å². The number of hydrogen-bond donors (Lipinski definition) is 6. The zero-order valence-corrected chi connectivity index (χ0v) is 30.1. The predicted molar refractivity (Wildman–Crippen MR) is 206 cm³/mol. The second kappa shape index (κ2) is 17.8. The second-order valence-corrected chi connectivity index (χ2v) is 12.8. The SMILES string of the molecule is COc1ccccc1-c1cc(C(=O)Nc2ccc([C@H]3CNCCO3)cc2)[nH]n1.O=C(Nc1ccc([C@H]2CNCCO2)cc1)c1cc(-c2ccccc2F)n[nH]1. The largest absolute Gasteiger partial charge is 0.496 e. The van der Waals surface area contributed by atoms with Crippen LogP contribution >= 0.6 is 0 Å². The fourth-order valence-electron chi connectivity index (χ4n) is 6.20. The molecular weight excluding hydrogens is 703 g/mol. The van der Waals surface area contributed by atoms with Gasteiger partial charge in [-0.15, -0.1) is 0 Å². The number of carbonyl (C=O) groups excluding carboxylic acids is 2. The van der Waals surface area contributed by atoms with Crippen LogP contribution in [0.4, 0.5) is 15.8 Å². The Hall–Kier alpha value is -6.19. The first-order chi connectivity index (χ1) is 26.9. The van der Waals surface area contributed by atoms with Crippen LogP contribution in [0.3, 0.4) is 0 Å². The summed E-state index contributed by atoms with van der Waals surface area (Å²) in [6.07, 6.45) is 0.0777. The van der Waals surface area contributed by atoms with Crippen LogP contribution in [0.5, 0.6) is 5.75 Å². The maximum atomic E-state index is 13.9. The Morgan fingerprint density at radius 2 is 1.15 bits per heavy atom. The summed E-state index contributed by atoms with van der Waals surface area (Å²) >= 11 is 0. The molecule has 14 heteroatoms. The van der Waals surface area contributed by atoms with Crippen LogP contribution in [0.15, 0.2) is 109 Å². The number of amides is 2. The highest BCUT2D eigenvalue weighted by Crippen LogP contribution is 2.29. The molecule has 282 valence electrons. The van der Waals surface area contributed by atoms with Gasteiger partial charge in [0.15, 0.2) is 0 Å². The van der Waals surface area contributed by atoms with E-state index in [0.717, 1.165) is 42.9 Å². The van der Waals surface area contributed by atoms with Crippen molar-refractivity contribution in [3.8, 4) is 28.3 Å². The number of anilines is 2. The van der Waals surface area contributed by atoms with Crippen LogP contribution in [0.1, 0.15) is 44.3 Å². The molecule has 6 aromatic rings. The van der Waals surface area contributed by atoms with Crippen molar-refractivity contribution in [1.29, 1.82) is 0 Å². The van der Waals surface area contributed by atoms with Gasteiger partial charge in [-0.2, -0.15) is 10.2 Å². The molecule has 0 radical (unpaired) electrons. The maximum absolute atomic E-state index is 13.9.